The van der Waals surface area contributed by atoms with Gasteiger partial charge in [-0.1, -0.05) is 29.3 Å². The number of halogens is 4. The lowest BCUT2D eigenvalue weighted by molar-refractivity contribution is -0.110. The van der Waals surface area contributed by atoms with Gasteiger partial charge in [0.25, 0.3) is 5.91 Å². The molecular formula is C15H7Cl2F2NO. The number of carbonyl (C=O) groups is 1. The molecule has 0 bridgehead atoms. The van der Waals surface area contributed by atoms with E-state index in [2.05, 4.69) is 5.32 Å². The van der Waals surface area contributed by atoms with Crippen LogP contribution in [0, 0.1) is 11.6 Å². The van der Waals surface area contributed by atoms with E-state index in [9.17, 15) is 13.6 Å². The van der Waals surface area contributed by atoms with Crippen LogP contribution in [0.25, 0.3) is 11.6 Å². The monoisotopic (exact) mass is 325 g/mol. The van der Waals surface area contributed by atoms with Crippen molar-refractivity contribution in [1.82, 2.24) is 0 Å². The predicted molar refractivity (Wildman–Crippen MR) is 79.3 cm³/mol. The number of anilines is 1. The lowest BCUT2D eigenvalue weighted by Crippen LogP contribution is -2.03. The first-order valence-corrected chi connectivity index (χ1v) is 6.69. The molecule has 3 rings (SSSR count). The van der Waals surface area contributed by atoms with E-state index in [1.165, 1.54) is 12.1 Å². The fraction of sp³-hybridized carbons (Fsp3) is 0. The third-order valence-electron chi connectivity index (χ3n) is 3.13. The average molecular weight is 326 g/mol. The van der Waals surface area contributed by atoms with Gasteiger partial charge in [-0.2, -0.15) is 0 Å². The summed E-state index contributed by atoms with van der Waals surface area (Å²) in [5, 5.41) is 2.51. The van der Waals surface area contributed by atoms with E-state index in [0.29, 0.717) is 16.3 Å². The summed E-state index contributed by atoms with van der Waals surface area (Å²) in [6.45, 7) is 0. The van der Waals surface area contributed by atoms with Crippen LogP contribution in [0.3, 0.4) is 0 Å². The molecule has 2 aromatic rings. The van der Waals surface area contributed by atoms with E-state index in [1.54, 1.807) is 18.2 Å². The number of nitrogens with one attached hydrogen (secondary N) is 1. The average Bonchev–Trinajstić information content (AvgIpc) is 2.74. The minimum atomic E-state index is -0.903. The molecule has 0 fully saturated rings. The molecule has 1 amide bonds. The summed E-state index contributed by atoms with van der Waals surface area (Å²) in [6, 6.07) is 7.16. The first-order valence-electron chi connectivity index (χ1n) is 5.94. The number of benzene rings is 2. The molecular weight excluding hydrogens is 319 g/mol. The van der Waals surface area contributed by atoms with Gasteiger partial charge >= 0.3 is 0 Å². The number of hydrogen-bond donors (Lipinski definition) is 1. The Balaban J connectivity index is 2.14. The van der Waals surface area contributed by atoms with Crippen LogP contribution < -0.4 is 5.32 Å². The molecule has 0 aliphatic carbocycles. The van der Waals surface area contributed by atoms with Crippen molar-refractivity contribution >= 4 is 46.4 Å². The fourth-order valence-corrected chi connectivity index (χ4v) is 2.46. The van der Waals surface area contributed by atoms with Gasteiger partial charge in [0.05, 0.1) is 5.69 Å². The van der Waals surface area contributed by atoms with Crippen molar-refractivity contribution in [2.24, 2.45) is 0 Å². The fourth-order valence-electron chi connectivity index (χ4n) is 2.12. The molecule has 6 heteroatoms. The lowest BCUT2D eigenvalue weighted by Gasteiger charge is -2.03. The normalized spacial score (nSPS) is 15.2. The molecule has 2 nitrogen and oxygen atoms in total. The number of fused-ring (bicyclic) bond motifs is 1. The topological polar surface area (TPSA) is 29.1 Å². The molecule has 0 radical (unpaired) electrons. The molecule has 2 aromatic carbocycles. The first kappa shape index (κ1) is 14.0. The van der Waals surface area contributed by atoms with Crippen molar-refractivity contribution in [3.8, 4) is 0 Å². The van der Waals surface area contributed by atoms with Crippen LogP contribution in [-0.2, 0) is 4.79 Å². The van der Waals surface area contributed by atoms with Crippen LogP contribution in [0.2, 0.25) is 10.0 Å². The second-order valence-corrected chi connectivity index (χ2v) is 5.28. The van der Waals surface area contributed by atoms with Crippen LogP contribution in [0.5, 0.6) is 0 Å². The van der Waals surface area contributed by atoms with E-state index in [1.807, 2.05) is 0 Å². The standard InChI is InChI=1S/C15H7Cl2F2NO/c16-8-2-3-9-10(15(21)20-12(9)6-8)5-7-1-4-11(18)13(17)14(7)19/h1-6H,(H,20,21)/b10-5-. The van der Waals surface area contributed by atoms with Gasteiger partial charge < -0.3 is 5.32 Å². The molecule has 0 atom stereocenters. The Morgan fingerprint density at radius 1 is 1.10 bits per heavy atom. The van der Waals surface area contributed by atoms with Gasteiger partial charge in [0.2, 0.25) is 0 Å². The summed E-state index contributed by atoms with van der Waals surface area (Å²) in [4.78, 5) is 12.0. The first-order chi connectivity index (χ1) is 9.97. The SMILES string of the molecule is O=C1Nc2cc(Cl)ccc2/C1=C/c1ccc(F)c(Cl)c1F. The van der Waals surface area contributed by atoms with Crippen molar-refractivity contribution in [3.63, 3.8) is 0 Å². The smallest absolute Gasteiger partial charge is 0.256 e. The van der Waals surface area contributed by atoms with Gasteiger partial charge in [0, 0.05) is 21.7 Å². The molecule has 0 aromatic heterocycles. The van der Waals surface area contributed by atoms with Crippen LogP contribution in [0.15, 0.2) is 30.3 Å². The zero-order valence-corrected chi connectivity index (χ0v) is 11.9. The predicted octanol–water partition coefficient (Wildman–Crippen LogP) is 4.76. The Morgan fingerprint density at radius 2 is 1.86 bits per heavy atom. The zero-order valence-electron chi connectivity index (χ0n) is 10.4. The molecule has 1 aliphatic heterocycles. The highest BCUT2D eigenvalue weighted by Crippen LogP contribution is 2.35. The third kappa shape index (κ3) is 2.41. The maximum atomic E-state index is 13.9. The highest BCUT2D eigenvalue weighted by Gasteiger charge is 2.24. The second kappa shape index (κ2) is 5.13. The summed E-state index contributed by atoms with van der Waals surface area (Å²) < 4.78 is 27.1. The van der Waals surface area contributed by atoms with Gasteiger partial charge in [-0.15, -0.1) is 0 Å². The second-order valence-electron chi connectivity index (χ2n) is 4.47. The van der Waals surface area contributed by atoms with Gasteiger partial charge in [-0.05, 0) is 30.3 Å². The minimum absolute atomic E-state index is 0.0364. The minimum Gasteiger partial charge on any atom is -0.321 e. The molecule has 0 spiro atoms. The van der Waals surface area contributed by atoms with Crippen molar-refractivity contribution < 1.29 is 13.6 Å². The maximum Gasteiger partial charge on any atom is 0.256 e. The molecule has 0 saturated carbocycles. The molecule has 1 heterocycles. The Morgan fingerprint density at radius 3 is 2.62 bits per heavy atom. The molecule has 1 aliphatic rings. The summed E-state index contributed by atoms with van der Waals surface area (Å²) in [6.07, 6.45) is 1.33. The molecule has 0 unspecified atom stereocenters. The number of rotatable bonds is 1. The van der Waals surface area contributed by atoms with E-state index in [0.717, 1.165) is 6.07 Å². The highest BCUT2D eigenvalue weighted by molar-refractivity contribution is 6.36. The van der Waals surface area contributed by atoms with Crippen LogP contribution >= 0.6 is 23.2 Å². The molecule has 0 saturated heterocycles. The van der Waals surface area contributed by atoms with Gasteiger partial charge in [-0.3, -0.25) is 4.79 Å². The zero-order chi connectivity index (χ0) is 15.1. The maximum absolute atomic E-state index is 13.9. The highest BCUT2D eigenvalue weighted by atomic mass is 35.5. The number of carbonyl (C=O) groups excluding carboxylic acids is 1. The quantitative estimate of drug-likeness (QED) is 0.594. The molecule has 106 valence electrons. The van der Waals surface area contributed by atoms with Crippen molar-refractivity contribution in [2.45, 2.75) is 0 Å². The van der Waals surface area contributed by atoms with Crippen molar-refractivity contribution in [3.05, 3.63) is 63.1 Å². The van der Waals surface area contributed by atoms with Gasteiger partial charge in [0.15, 0.2) is 5.82 Å². The van der Waals surface area contributed by atoms with Gasteiger partial charge in [0.1, 0.15) is 10.8 Å². The lowest BCUT2D eigenvalue weighted by atomic mass is 10.0. The largest absolute Gasteiger partial charge is 0.321 e. The van der Waals surface area contributed by atoms with Gasteiger partial charge in [-0.25, -0.2) is 8.78 Å². The molecule has 21 heavy (non-hydrogen) atoms. The number of hydrogen-bond acceptors (Lipinski definition) is 1. The number of amides is 1. The van der Waals surface area contributed by atoms with E-state index in [4.69, 9.17) is 23.2 Å². The van der Waals surface area contributed by atoms with E-state index >= 15 is 0 Å². The molecule has 1 N–H and O–H groups in total. The Kier molecular flexibility index (Phi) is 3.43. The van der Waals surface area contributed by atoms with Crippen molar-refractivity contribution in [2.75, 3.05) is 5.32 Å². The summed E-state index contributed by atoms with van der Waals surface area (Å²) >= 11 is 11.4. The Bertz CT molecular complexity index is 803. The van der Waals surface area contributed by atoms with Crippen molar-refractivity contribution in [1.29, 1.82) is 0 Å². The Labute approximate surface area is 129 Å². The van der Waals surface area contributed by atoms with Crippen LogP contribution in [0.4, 0.5) is 14.5 Å². The summed E-state index contributed by atoms with van der Waals surface area (Å²) in [7, 11) is 0. The Hall–Kier alpha value is -1.91. The summed E-state index contributed by atoms with van der Waals surface area (Å²) in [5.41, 5.74) is 1.45. The van der Waals surface area contributed by atoms with E-state index in [-0.39, 0.29) is 17.0 Å². The summed E-state index contributed by atoms with van der Waals surface area (Å²) in [5.74, 6) is -2.13. The third-order valence-corrected chi connectivity index (χ3v) is 3.71. The van der Waals surface area contributed by atoms with E-state index < -0.39 is 16.7 Å². The van der Waals surface area contributed by atoms with Crippen LogP contribution in [0.1, 0.15) is 11.1 Å². The van der Waals surface area contributed by atoms with Crippen LogP contribution in [-0.4, -0.2) is 5.91 Å².